The van der Waals surface area contributed by atoms with Gasteiger partial charge < -0.3 is 4.90 Å². The Labute approximate surface area is 174 Å². The van der Waals surface area contributed by atoms with Gasteiger partial charge in [-0.25, -0.2) is 9.50 Å². The first-order valence-corrected chi connectivity index (χ1v) is 9.69. The van der Waals surface area contributed by atoms with Crippen LogP contribution in [0.3, 0.4) is 0 Å². The molecule has 1 saturated heterocycles. The number of nitro groups is 1. The lowest BCUT2D eigenvalue weighted by atomic mass is 10.0. The van der Waals surface area contributed by atoms with Gasteiger partial charge in [-0.2, -0.15) is 18.3 Å². The lowest BCUT2D eigenvalue weighted by molar-refractivity contribution is -0.384. The molecule has 1 atom stereocenters. The van der Waals surface area contributed by atoms with Crippen molar-refractivity contribution in [2.75, 3.05) is 6.54 Å². The number of non-ortho nitro benzene ring substituents is 1. The molecule has 4 rings (SSSR count). The Morgan fingerprint density at radius 1 is 1.19 bits per heavy atom. The third kappa shape index (κ3) is 3.94. The Kier molecular flexibility index (Phi) is 5.11. The maximum absolute atomic E-state index is 13.7. The van der Waals surface area contributed by atoms with E-state index in [-0.39, 0.29) is 34.3 Å². The number of alkyl halides is 3. The lowest BCUT2D eigenvalue weighted by Crippen LogP contribution is -2.42. The Balaban J connectivity index is 1.80. The molecule has 1 aliphatic rings. The summed E-state index contributed by atoms with van der Waals surface area (Å²) in [6.45, 7) is 2.43. The highest BCUT2D eigenvalue weighted by molar-refractivity contribution is 5.93. The number of hydrogen-bond acceptors (Lipinski definition) is 5. The molecule has 11 heteroatoms. The summed E-state index contributed by atoms with van der Waals surface area (Å²) in [6, 6.07) is 7.09. The van der Waals surface area contributed by atoms with Crippen LogP contribution < -0.4 is 0 Å². The third-order valence-corrected chi connectivity index (χ3v) is 5.37. The highest BCUT2D eigenvalue weighted by atomic mass is 19.4. The topological polar surface area (TPSA) is 93.6 Å². The summed E-state index contributed by atoms with van der Waals surface area (Å²) in [5.74, 6) is -0.428. The molecule has 1 aromatic carbocycles. The van der Waals surface area contributed by atoms with E-state index >= 15 is 0 Å². The van der Waals surface area contributed by atoms with Gasteiger partial charge in [-0.3, -0.25) is 14.9 Å². The summed E-state index contributed by atoms with van der Waals surface area (Å²) < 4.78 is 41.8. The fourth-order valence-corrected chi connectivity index (χ4v) is 3.73. The zero-order valence-electron chi connectivity index (χ0n) is 16.5. The fourth-order valence-electron chi connectivity index (χ4n) is 3.73. The van der Waals surface area contributed by atoms with E-state index < -0.39 is 22.7 Å². The summed E-state index contributed by atoms with van der Waals surface area (Å²) >= 11 is 0. The van der Waals surface area contributed by atoms with E-state index in [1.54, 1.807) is 4.90 Å². The van der Waals surface area contributed by atoms with E-state index in [4.69, 9.17) is 0 Å². The van der Waals surface area contributed by atoms with Gasteiger partial charge in [-0.1, -0.05) is 0 Å². The van der Waals surface area contributed by atoms with Gasteiger partial charge in [-0.15, -0.1) is 0 Å². The van der Waals surface area contributed by atoms with Gasteiger partial charge in [0.1, 0.15) is 0 Å². The first-order valence-electron chi connectivity index (χ1n) is 9.69. The fraction of sp³-hybridized carbons (Fsp3) is 0.350. The smallest absolute Gasteiger partial charge is 0.335 e. The molecule has 0 spiro atoms. The van der Waals surface area contributed by atoms with E-state index in [2.05, 4.69) is 10.1 Å². The molecular formula is C20H18F3N5O3. The van der Waals surface area contributed by atoms with E-state index in [1.807, 2.05) is 6.92 Å². The summed E-state index contributed by atoms with van der Waals surface area (Å²) in [4.78, 5) is 28.9. The average Bonchev–Trinajstić information content (AvgIpc) is 3.16. The number of likely N-dealkylation sites (tertiary alicyclic amines) is 1. The monoisotopic (exact) mass is 433 g/mol. The Hall–Kier alpha value is -3.50. The van der Waals surface area contributed by atoms with Crippen molar-refractivity contribution in [1.29, 1.82) is 0 Å². The first kappa shape index (κ1) is 20.8. The van der Waals surface area contributed by atoms with Crippen molar-refractivity contribution in [3.63, 3.8) is 0 Å². The standard InChI is InChI=1S/C20H18F3N5O3/c1-12-4-2-3-9-26(12)19(29)16-11-18-24-15(10-17(20(21,22)23)27(18)25-16)13-5-7-14(8-6-13)28(30)31/h5-8,10-12H,2-4,9H2,1H3. The van der Waals surface area contributed by atoms with E-state index in [0.717, 1.165) is 25.3 Å². The van der Waals surface area contributed by atoms with Crippen LogP contribution in [0.15, 0.2) is 36.4 Å². The molecule has 3 aromatic rings. The number of amides is 1. The third-order valence-electron chi connectivity index (χ3n) is 5.37. The molecule has 1 fully saturated rings. The number of carbonyl (C=O) groups excluding carboxylic acids is 1. The minimum absolute atomic E-state index is 0.0169. The van der Waals surface area contributed by atoms with Crippen LogP contribution in [0.5, 0.6) is 0 Å². The molecule has 0 bridgehead atoms. The van der Waals surface area contributed by atoms with Gasteiger partial charge in [0.15, 0.2) is 17.0 Å². The van der Waals surface area contributed by atoms with Crippen LogP contribution in [0.25, 0.3) is 16.9 Å². The van der Waals surface area contributed by atoms with Gasteiger partial charge in [0.2, 0.25) is 0 Å². The quantitative estimate of drug-likeness (QED) is 0.453. The molecule has 1 unspecified atom stereocenters. The number of hydrogen-bond donors (Lipinski definition) is 0. The van der Waals surface area contributed by atoms with Gasteiger partial charge >= 0.3 is 6.18 Å². The van der Waals surface area contributed by atoms with Crippen LogP contribution >= 0.6 is 0 Å². The normalized spacial score (nSPS) is 17.2. The molecule has 0 aliphatic carbocycles. The van der Waals surface area contributed by atoms with Crippen molar-refractivity contribution in [3.8, 4) is 11.3 Å². The van der Waals surface area contributed by atoms with Crippen LogP contribution in [-0.4, -0.2) is 42.9 Å². The van der Waals surface area contributed by atoms with Crippen molar-refractivity contribution in [3.05, 3.63) is 57.9 Å². The van der Waals surface area contributed by atoms with Gasteiger partial charge in [-0.05, 0) is 44.4 Å². The molecule has 162 valence electrons. The number of benzene rings is 1. The highest BCUT2D eigenvalue weighted by Gasteiger charge is 2.36. The van der Waals surface area contributed by atoms with E-state index in [0.29, 0.717) is 11.1 Å². The first-order chi connectivity index (χ1) is 14.6. The van der Waals surface area contributed by atoms with Crippen molar-refractivity contribution < 1.29 is 22.9 Å². The van der Waals surface area contributed by atoms with Gasteiger partial charge in [0.05, 0.1) is 10.6 Å². The van der Waals surface area contributed by atoms with Crippen molar-refractivity contribution >= 4 is 17.2 Å². The van der Waals surface area contributed by atoms with Crippen LogP contribution in [-0.2, 0) is 6.18 Å². The summed E-state index contributed by atoms with van der Waals surface area (Å²) in [5, 5.41) is 14.7. The molecular weight excluding hydrogens is 415 g/mol. The summed E-state index contributed by atoms with van der Waals surface area (Å²) in [5.41, 5.74) is -1.26. The molecule has 0 saturated carbocycles. The van der Waals surface area contributed by atoms with Gasteiger partial charge in [0.25, 0.3) is 11.6 Å². The van der Waals surface area contributed by atoms with Crippen LogP contribution in [0.4, 0.5) is 18.9 Å². The molecule has 3 heterocycles. The zero-order chi connectivity index (χ0) is 22.3. The van der Waals surface area contributed by atoms with Crippen molar-refractivity contribution in [2.24, 2.45) is 0 Å². The minimum atomic E-state index is -4.75. The number of nitro benzene ring substituents is 1. The Morgan fingerprint density at radius 3 is 2.52 bits per heavy atom. The molecule has 31 heavy (non-hydrogen) atoms. The van der Waals surface area contributed by atoms with Crippen molar-refractivity contribution in [2.45, 2.75) is 38.4 Å². The maximum atomic E-state index is 13.7. The van der Waals surface area contributed by atoms with Crippen molar-refractivity contribution in [1.82, 2.24) is 19.5 Å². The Morgan fingerprint density at radius 2 is 1.90 bits per heavy atom. The second kappa shape index (κ2) is 7.64. The van der Waals surface area contributed by atoms with Crippen LogP contribution in [0.2, 0.25) is 0 Å². The number of halogens is 3. The second-order valence-electron chi connectivity index (χ2n) is 7.47. The predicted molar refractivity (Wildman–Crippen MR) is 104 cm³/mol. The lowest BCUT2D eigenvalue weighted by Gasteiger charge is -2.32. The number of fused-ring (bicyclic) bond motifs is 1. The zero-order valence-corrected chi connectivity index (χ0v) is 16.5. The van der Waals surface area contributed by atoms with Crippen LogP contribution in [0, 0.1) is 10.1 Å². The number of piperidine rings is 1. The molecule has 0 N–H and O–H groups in total. The van der Waals surface area contributed by atoms with Crippen LogP contribution in [0.1, 0.15) is 42.4 Å². The summed E-state index contributed by atoms with van der Waals surface area (Å²) in [6.07, 6.45) is -2.09. The molecule has 1 aliphatic heterocycles. The molecule has 0 radical (unpaired) electrons. The van der Waals surface area contributed by atoms with E-state index in [9.17, 15) is 28.1 Å². The number of nitrogens with zero attached hydrogens (tertiary/aromatic N) is 5. The minimum Gasteiger partial charge on any atom is -0.335 e. The molecule has 1 amide bonds. The largest absolute Gasteiger partial charge is 0.433 e. The predicted octanol–water partition coefficient (Wildman–Crippen LogP) is 4.34. The van der Waals surface area contributed by atoms with E-state index in [1.165, 1.54) is 30.3 Å². The highest BCUT2D eigenvalue weighted by Crippen LogP contribution is 2.33. The SMILES string of the molecule is CC1CCCCN1C(=O)c1cc2nc(-c3ccc([N+](=O)[O-])cc3)cc(C(F)(F)F)n2n1. The Bertz CT molecular complexity index is 1160. The molecule has 8 nitrogen and oxygen atoms in total. The number of aromatic nitrogens is 3. The maximum Gasteiger partial charge on any atom is 0.433 e. The molecule has 2 aromatic heterocycles. The second-order valence-corrected chi connectivity index (χ2v) is 7.47. The summed E-state index contributed by atoms with van der Waals surface area (Å²) in [7, 11) is 0. The number of rotatable bonds is 3. The average molecular weight is 433 g/mol. The van der Waals surface area contributed by atoms with Gasteiger partial charge in [0, 0.05) is 36.3 Å². The number of carbonyl (C=O) groups is 1.